The van der Waals surface area contributed by atoms with Crippen molar-refractivity contribution in [3.63, 3.8) is 0 Å². The molecule has 1 unspecified atom stereocenters. The molecule has 0 aromatic rings. The lowest BCUT2D eigenvalue weighted by molar-refractivity contribution is -0.146. The maximum atomic E-state index is 11.6. The molecule has 1 aliphatic heterocycles. The number of methoxy groups -OCH3 is 1. The number of nitrogens with zero attached hydrogens (tertiary/aromatic N) is 1. The fraction of sp³-hybridized carbons (Fsp3) is 0.929. The molecule has 0 amide bonds. The van der Waals surface area contributed by atoms with Gasteiger partial charge in [0.2, 0.25) is 0 Å². The summed E-state index contributed by atoms with van der Waals surface area (Å²) >= 11 is 0. The van der Waals surface area contributed by atoms with E-state index in [-0.39, 0.29) is 12.0 Å². The van der Waals surface area contributed by atoms with Crippen LogP contribution in [0.1, 0.15) is 52.4 Å². The average molecular weight is 241 g/mol. The van der Waals surface area contributed by atoms with Gasteiger partial charge in [0.05, 0.1) is 7.11 Å². The first-order valence-electron chi connectivity index (χ1n) is 7.04. The summed E-state index contributed by atoms with van der Waals surface area (Å²) in [5, 5.41) is 0. The Balaban J connectivity index is 2.44. The Labute approximate surface area is 106 Å². The van der Waals surface area contributed by atoms with Crippen LogP contribution in [-0.2, 0) is 9.53 Å². The van der Waals surface area contributed by atoms with E-state index < -0.39 is 0 Å². The lowest BCUT2D eigenvalue weighted by Gasteiger charge is -2.26. The molecule has 1 saturated heterocycles. The van der Waals surface area contributed by atoms with Crippen molar-refractivity contribution in [3.05, 3.63) is 0 Å². The van der Waals surface area contributed by atoms with Gasteiger partial charge in [-0.15, -0.1) is 0 Å². The van der Waals surface area contributed by atoms with Crippen LogP contribution in [0, 0.1) is 5.92 Å². The number of hydrogen-bond donors (Lipinski definition) is 0. The monoisotopic (exact) mass is 241 g/mol. The standard InChI is InChI=1S/C14H27NO2/c1-4-6-8-12(5-2)11-15-10-7-9-13(15)14(16)17-3/h12-13H,4-11H2,1-3H3/t12?,13-/m0/s1. The number of ether oxygens (including phenoxy) is 1. The van der Waals surface area contributed by atoms with Gasteiger partial charge < -0.3 is 4.74 Å². The highest BCUT2D eigenvalue weighted by atomic mass is 16.5. The summed E-state index contributed by atoms with van der Waals surface area (Å²) in [5.74, 6) is 0.688. The van der Waals surface area contributed by atoms with Gasteiger partial charge in [-0.05, 0) is 31.7 Å². The van der Waals surface area contributed by atoms with Crippen molar-refractivity contribution in [1.29, 1.82) is 0 Å². The Morgan fingerprint density at radius 1 is 1.47 bits per heavy atom. The molecule has 0 aromatic heterocycles. The van der Waals surface area contributed by atoms with Crippen molar-refractivity contribution in [1.82, 2.24) is 4.90 Å². The van der Waals surface area contributed by atoms with Crippen molar-refractivity contribution >= 4 is 5.97 Å². The number of esters is 1. The molecule has 0 aliphatic carbocycles. The summed E-state index contributed by atoms with van der Waals surface area (Å²) in [4.78, 5) is 14.0. The number of likely N-dealkylation sites (tertiary alicyclic amines) is 1. The number of carbonyl (C=O) groups excluding carboxylic acids is 1. The Kier molecular flexibility index (Phi) is 6.56. The average Bonchev–Trinajstić information content (AvgIpc) is 2.81. The highest BCUT2D eigenvalue weighted by Gasteiger charge is 2.32. The van der Waals surface area contributed by atoms with Crippen LogP contribution in [0.15, 0.2) is 0 Å². The zero-order chi connectivity index (χ0) is 12.7. The van der Waals surface area contributed by atoms with Gasteiger partial charge in [0, 0.05) is 6.54 Å². The molecule has 0 aromatic carbocycles. The smallest absolute Gasteiger partial charge is 0.323 e. The van der Waals surface area contributed by atoms with E-state index in [1.54, 1.807) is 0 Å². The van der Waals surface area contributed by atoms with Gasteiger partial charge in [0.15, 0.2) is 0 Å². The molecule has 100 valence electrons. The van der Waals surface area contributed by atoms with Crippen molar-refractivity contribution in [3.8, 4) is 0 Å². The molecular weight excluding hydrogens is 214 g/mol. The van der Waals surface area contributed by atoms with E-state index in [0.717, 1.165) is 31.8 Å². The summed E-state index contributed by atoms with van der Waals surface area (Å²) < 4.78 is 4.88. The first-order valence-corrected chi connectivity index (χ1v) is 7.04. The first-order chi connectivity index (χ1) is 8.22. The van der Waals surface area contributed by atoms with Crippen LogP contribution in [0.2, 0.25) is 0 Å². The van der Waals surface area contributed by atoms with Gasteiger partial charge in [0.1, 0.15) is 6.04 Å². The molecule has 17 heavy (non-hydrogen) atoms. The van der Waals surface area contributed by atoms with Gasteiger partial charge in [-0.3, -0.25) is 9.69 Å². The predicted molar refractivity (Wildman–Crippen MR) is 69.9 cm³/mol. The molecule has 0 bridgehead atoms. The third kappa shape index (κ3) is 4.30. The molecular formula is C14H27NO2. The van der Waals surface area contributed by atoms with Gasteiger partial charge in [-0.2, -0.15) is 0 Å². The van der Waals surface area contributed by atoms with E-state index in [2.05, 4.69) is 18.7 Å². The normalized spacial score (nSPS) is 22.6. The minimum Gasteiger partial charge on any atom is -0.468 e. The molecule has 1 rings (SSSR count). The highest BCUT2D eigenvalue weighted by Crippen LogP contribution is 2.22. The largest absolute Gasteiger partial charge is 0.468 e. The van der Waals surface area contributed by atoms with Crippen molar-refractivity contribution in [2.24, 2.45) is 5.92 Å². The van der Waals surface area contributed by atoms with Gasteiger partial charge in [-0.1, -0.05) is 33.1 Å². The zero-order valence-corrected chi connectivity index (χ0v) is 11.6. The number of hydrogen-bond acceptors (Lipinski definition) is 3. The molecule has 1 fully saturated rings. The van der Waals surface area contributed by atoms with Gasteiger partial charge >= 0.3 is 5.97 Å². The minimum atomic E-state index is -0.0483. The van der Waals surface area contributed by atoms with E-state index in [9.17, 15) is 4.79 Å². The lowest BCUT2D eigenvalue weighted by Crippen LogP contribution is -2.39. The molecule has 2 atom stereocenters. The molecule has 0 radical (unpaired) electrons. The van der Waals surface area contributed by atoms with Crippen molar-refractivity contribution in [2.75, 3.05) is 20.2 Å². The number of unbranched alkanes of at least 4 members (excludes halogenated alkanes) is 1. The Hall–Kier alpha value is -0.570. The Morgan fingerprint density at radius 2 is 2.24 bits per heavy atom. The fourth-order valence-electron chi connectivity index (χ4n) is 2.70. The van der Waals surface area contributed by atoms with Crippen molar-refractivity contribution in [2.45, 2.75) is 58.4 Å². The second-order valence-corrected chi connectivity index (χ2v) is 5.09. The topological polar surface area (TPSA) is 29.5 Å². The van der Waals surface area contributed by atoms with Crippen molar-refractivity contribution < 1.29 is 9.53 Å². The maximum absolute atomic E-state index is 11.6. The quantitative estimate of drug-likeness (QED) is 0.642. The highest BCUT2D eigenvalue weighted by molar-refractivity contribution is 5.75. The van der Waals surface area contributed by atoms with E-state index >= 15 is 0 Å². The molecule has 3 heteroatoms. The predicted octanol–water partition coefficient (Wildman–Crippen LogP) is 2.84. The van der Waals surface area contributed by atoms with Crippen LogP contribution >= 0.6 is 0 Å². The number of rotatable bonds is 7. The summed E-state index contributed by atoms with van der Waals surface area (Å²) in [6, 6.07) is 0.0238. The first kappa shape index (κ1) is 14.5. The van der Waals surface area contributed by atoms with E-state index in [0.29, 0.717) is 0 Å². The summed E-state index contributed by atoms with van der Waals surface area (Å²) in [6.45, 7) is 6.61. The fourth-order valence-corrected chi connectivity index (χ4v) is 2.70. The van der Waals surface area contributed by atoms with Crippen LogP contribution in [0.25, 0.3) is 0 Å². The second kappa shape index (κ2) is 7.70. The molecule has 0 spiro atoms. The van der Waals surface area contributed by atoms with E-state index in [1.165, 1.54) is 32.8 Å². The molecule has 1 aliphatic rings. The number of carbonyl (C=O) groups is 1. The van der Waals surface area contributed by atoms with Crippen LogP contribution in [0.5, 0.6) is 0 Å². The third-order valence-electron chi connectivity index (χ3n) is 3.87. The van der Waals surface area contributed by atoms with Crippen LogP contribution < -0.4 is 0 Å². The van der Waals surface area contributed by atoms with E-state index in [4.69, 9.17) is 4.74 Å². The molecule has 3 nitrogen and oxygen atoms in total. The zero-order valence-electron chi connectivity index (χ0n) is 11.6. The summed E-state index contributed by atoms with van der Waals surface area (Å²) in [6.07, 6.45) is 7.16. The summed E-state index contributed by atoms with van der Waals surface area (Å²) in [5.41, 5.74) is 0. The van der Waals surface area contributed by atoms with Gasteiger partial charge in [0.25, 0.3) is 0 Å². The lowest BCUT2D eigenvalue weighted by atomic mass is 9.98. The Bertz CT molecular complexity index is 230. The van der Waals surface area contributed by atoms with Crippen LogP contribution in [0.4, 0.5) is 0 Å². The Morgan fingerprint density at radius 3 is 2.82 bits per heavy atom. The maximum Gasteiger partial charge on any atom is 0.323 e. The van der Waals surface area contributed by atoms with Crippen LogP contribution in [-0.4, -0.2) is 37.1 Å². The molecule has 0 saturated carbocycles. The molecule has 0 N–H and O–H groups in total. The second-order valence-electron chi connectivity index (χ2n) is 5.09. The van der Waals surface area contributed by atoms with Crippen LogP contribution in [0.3, 0.4) is 0 Å². The minimum absolute atomic E-state index is 0.0238. The van der Waals surface area contributed by atoms with E-state index in [1.807, 2.05) is 0 Å². The molecule has 1 heterocycles. The summed E-state index contributed by atoms with van der Waals surface area (Å²) in [7, 11) is 1.49. The SMILES string of the molecule is CCCCC(CC)CN1CCC[C@H]1C(=O)OC. The van der Waals surface area contributed by atoms with Gasteiger partial charge in [-0.25, -0.2) is 0 Å². The third-order valence-corrected chi connectivity index (χ3v) is 3.87.